The van der Waals surface area contributed by atoms with Crippen LogP contribution in [0.3, 0.4) is 0 Å². The van der Waals surface area contributed by atoms with Crippen molar-refractivity contribution in [2.75, 3.05) is 13.7 Å². The Hall–Kier alpha value is -1.97. The van der Waals surface area contributed by atoms with Gasteiger partial charge in [0, 0.05) is 11.6 Å². The maximum Gasteiger partial charge on any atom is 0.328 e. The summed E-state index contributed by atoms with van der Waals surface area (Å²) in [5, 5.41) is 8.61. The molecule has 0 bridgehead atoms. The molecule has 0 aliphatic heterocycles. The highest BCUT2D eigenvalue weighted by Gasteiger charge is 2.08. The Morgan fingerprint density at radius 3 is 2.82 bits per heavy atom. The maximum atomic E-state index is 10.5. The van der Waals surface area contributed by atoms with E-state index in [1.54, 1.807) is 25.3 Å². The Labute approximate surface area is 100 Å². The molecular weight excluding hydrogens is 220 g/mol. The molecule has 4 nitrogen and oxygen atoms in total. The predicted octanol–water partition coefficient (Wildman–Crippen LogP) is 2.58. The number of carbonyl (C=O) groups is 1. The van der Waals surface area contributed by atoms with Crippen LogP contribution in [0.25, 0.3) is 6.08 Å². The van der Waals surface area contributed by atoms with Crippen LogP contribution in [0.15, 0.2) is 24.3 Å². The summed E-state index contributed by atoms with van der Waals surface area (Å²) in [4.78, 5) is 10.5. The van der Waals surface area contributed by atoms with Gasteiger partial charge in [0.05, 0.1) is 13.7 Å². The second-order valence-electron chi connectivity index (χ2n) is 3.40. The number of carboxylic acids is 1. The van der Waals surface area contributed by atoms with Gasteiger partial charge in [-0.1, -0.05) is 19.1 Å². The lowest BCUT2D eigenvalue weighted by Gasteiger charge is -2.12. The van der Waals surface area contributed by atoms with Crippen molar-refractivity contribution < 1.29 is 19.4 Å². The molecule has 1 rings (SSSR count). The fourth-order valence-corrected chi connectivity index (χ4v) is 1.34. The van der Waals surface area contributed by atoms with E-state index >= 15 is 0 Å². The Bertz CT molecular complexity index is 410. The third-order valence-corrected chi connectivity index (χ3v) is 2.09. The summed E-state index contributed by atoms with van der Waals surface area (Å²) in [5.74, 6) is 0.189. The van der Waals surface area contributed by atoms with Crippen molar-refractivity contribution >= 4 is 12.0 Å². The molecular formula is C13H16O4. The van der Waals surface area contributed by atoms with Gasteiger partial charge in [0.15, 0.2) is 11.5 Å². The number of hydrogen-bond acceptors (Lipinski definition) is 3. The largest absolute Gasteiger partial charge is 0.493 e. The van der Waals surface area contributed by atoms with Gasteiger partial charge in [-0.15, -0.1) is 0 Å². The van der Waals surface area contributed by atoms with E-state index in [2.05, 4.69) is 0 Å². The van der Waals surface area contributed by atoms with Gasteiger partial charge < -0.3 is 14.6 Å². The molecule has 17 heavy (non-hydrogen) atoms. The van der Waals surface area contributed by atoms with Crippen LogP contribution in [0.2, 0.25) is 0 Å². The first-order valence-corrected chi connectivity index (χ1v) is 5.39. The van der Waals surface area contributed by atoms with E-state index < -0.39 is 5.97 Å². The van der Waals surface area contributed by atoms with Crippen LogP contribution in [0.1, 0.15) is 18.9 Å². The molecule has 1 aromatic carbocycles. The highest BCUT2D eigenvalue weighted by atomic mass is 16.5. The zero-order valence-corrected chi connectivity index (χ0v) is 9.97. The molecule has 4 heteroatoms. The van der Waals surface area contributed by atoms with E-state index in [1.165, 1.54) is 6.08 Å². The molecule has 0 fully saturated rings. The average molecular weight is 236 g/mol. The number of methoxy groups -OCH3 is 1. The standard InChI is InChI=1S/C13H16O4/c1-3-9-17-13-10(7-8-12(14)15)5-4-6-11(13)16-2/h4-8H,3,9H2,1-2H3,(H,14,15). The van der Waals surface area contributed by atoms with Crippen LogP contribution in [0, 0.1) is 0 Å². The minimum Gasteiger partial charge on any atom is -0.493 e. The second kappa shape index (κ2) is 6.58. The Morgan fingerprint density at radius 2 is 2.24 bits per heavy atom. The van der Waals surface area contributed by atoms with Crippen LogP contribution < -0.4 is 9.47 Å². The lowest BCUT2D eigenvalue weighted by atomic mass is 10.1. The molecule has 0 aromatic heterocycles. The van der Waals surface area contributed by atoms with Crippen LogP contribution in [-0.4, -0.2) is 24.8 Å². The minimum atomic E-state index is -0.991. The molecule has 1 aromatic rings. The Morgan fingerprint density at radius 1 is 1.47 bits per heavy atom. The van der Waals surface area contributed by atoms with Crippen LogP contribution in [0.5, 0.6) is 11.5 Å². The molecule has 0 radical (unpaired) electrons. The molecule has 0 amide bonds. The molecule has 0 unspecified atom stereocenters. The number of aliphatic carboxylic acids is 1. The number of hydrogen-bond donors (Lipinski definition) is 1. The van der Waals surface area contributed by atoms with Gasteiger partial charge in [-0.2, -0.15) is 0 Å². The van der Waals surface area contributed by atoms with Crippen molar-refractivity contribution in [3.63, 3.8) is 0 Å². The van der Waals surface area contributed by atoms with E-state index in [0.717, 1.165) is 12.5 Å². The van der Waals surface area contributed by atoms with Crippen molar-refractivity contribution in [3.8, 4) is 11.5 Å². The van der Waals surface area contributed by atoms with E-state index in [-0.39, 0.29) is 0 Å². The fraction of sp³-hybridized carbons (Fsp3) is 0.308. The van der Waals surface area contributed by atoms with Gasteiger partial charge in [-0.05, 0) is 18.6 Å². The summed E-state index contributed by atoms with van der Waals surface area (Å²) in [7, 11) is 1.55. The maximum absolute atomic E-state index is 10.5. The van der Waals surface area contributed by atoms with Gasteiger partial charge in [0.25, 0.3) is 0 Å². The lowest BCUT2D eigenvalue weighted by Crippen LogP contribution is -1.99. The molecule has 0 spiro atoms. The monoisotopic (exact) mass is 236 g/mol. The molecule has 0 saturated carbocycles. The van der Waals surface area contributed by atoms with E-state index in [4.69, 9.17) is 14.6 Å². The molecule has 0 aliphatic rings. The summed E-state index contributed by atoms with van der Waals surface area (Å²) in [5.41, 5.74) is 0.695. The molecule has 0 aliphatic carbocycles. The van der Waals surface area contributed by atoms with E-state index in [0.29, 0.717) is 23.7 Å². The molecule has 1 N–H and O–H groups in total. The highest BCUT2D eigenvalue weighted by Crippen LogP contribution is 2.32. The first-order valence-electron chi connectivity index (χ1n) is 5.39. The number of ether oxygens (including phenoxy) is 2. The smallest absolute Gasteiger partial charge is 0.328 e. The predicted molar refractivity (Wildman–Crippen MR) is 65.4 cm³/mol. The Balaban J connectivity index is 3.05. The first kappa shape index (κ1) is 13.1. The van der Waals surface area contributed by atoms with Crippen molar-refractivity contribution in [1.82, 2.24) is 0 Å². The number of rotatable bonds is 6. The van der Waals surface area contributed by atoms with Gasteiger partial charge in [0.1, 0.15) is 0 Å². The van der Waals surface area contributed by atoms with Crippen molar-refractivity contribution in [3.05, 3.63) is 29.8 Å². The van der Waals surface area contributed by atoms with Crippen LogP contribution >= 0.6 is 0 Å². The van der Waals surface area contributed by atoms with Crippen LogP contribution in [-0.2, 0) is 4.79 Å². The van der Waals surface area contributed by atoms with Crippen LogP contribution in [0.4, 0.5) is 0 Å². The van der Waals surface area contributed by atoms with Gasteiger partial charge in [0.2, 0.25) is 0 Å². The fourth-order valence-electron chi connectivity index (χ4n) is 1.34. The summed E-state index contributed by atoms with van der Waals surface area (Å²) >= 11 is 0. The number of para-hydroxylation sites is 1. The summed E-state index contributed by atoms with van der Waals surface area (Å²) in [6, 6.07) is 5.36. The third kappa shape index (κ3) is 3.83. The quantitative estimate of drug-likeness (QED) is 0.771. The number of benzene rings is 1. The van der Waals surface area contributed by atoms with Gasteiger partial charge >= 0.3 is 5.97 Å². The van der Waals surface area contributed by atoms with Crippen molar-refractivity contribution in [2.24, 2.45) is 0 Å². The van der Waals surface area contributed by atoms with Gasteiger partial charge in [-0.3, -0.25) is 0 Å². The van der Waals surface area contributed by atoms with E-state index in [9.17, 15) is 4.79 Å². The SMILES string of the molecule is CCCOc1c(C=CC(=O)O)cccc1OC. The number of carboxylic acid groups (broad SMARTS) is 1. The zero-order chi connectivity index (χ0) is 12.7. The average Bonchev–Trinajstić information content (AvgIpc) is 2.33. The zero-order valence-electron chi connectivity index (χ0n) is 9.97. The van der Waals surface area contributed by atoms with Gasteiger partial charge in [-0.25, -0.2) is 4.79 Å². The highest BCUT2D eigenvalue weighted by molar-refractivity contribution is 5.86. The molecule has 0 saturated heterocycles. The first-order chi connectivity index (χ1) is 8.19. The summed E-state index contributed by atoms with van der Waals surface area (Å²) in [6.07, 6.45) is 3.45. The topological polar surface area (TPSA) is 55.8 Å². The Kier molecular flexibility index (Phi) is 5.07. The normalized spacial score (nSPS) is 10.5. The summed E-state index contributed by atoms with van der Waals surface area (Å²) < 4.78 is 10.8. The minimum absolute atomic E-state index is 0.564. The molecule has 0 heterocycles. The van der Waals surface area contributed by atoms with Crippen molar-refractivity contribution in [2.45, 2.75) is 13.3 Å². The molecule has 92 valence electrons. The third-order valence-electron chi connectivity index (χ3n) is 2.09. The van der Waals surface area contributed by atoms with E-state index in [1.807, 2.05) is 6.92 Å². The summed E-state index contributed by atoms with van der Waals surface area (Å²) in [6.45, 7) is 2.57. The lowest BCUT2D eigenvalue weighted by molar-refractivity contribution is -0.131. The molecule has 0 atom stereocenters. The second-order valence-corrected chi connectivity index (χ2v) is 3.40. The van der Waals surface area contributed by atoms with Crippen molar-refractivity contribution in [1.29, 1.82) is 0 Å².